The van der Waals surface area contributed by atoms with Crippen LogP contribution in [0, 0.1) is 0 Å². The first-order valence-electron chi connectivity index (χ1n) is 3.83. The number of nitrogens with two attached hydrogens (primary N) is 3. The van der Waals surface area contributed by atoms with Crippen LogP contribution in [0.1, 0.15) is 31.2 Å². The molecular formula is C8H8N4O3. The minimum atomic E-state index is -0.881. The van der Waals surface area contributed by atoms with Crippen molar-refractivity contribution in [2.45, 2.75) is 0 Å². The summed E-state index contributed by atoms with van der Waals surface area (Å²) in [4.78, 5) is 36.1. The third-order valence-electron chi connectivity index (χ3n) is 1.69. The molecule has 0 fully saturated rings. The van der Waals surface area contributed by atoms with Crippen molar-refractivity contribution in [1.29, 1.82) is 0 Å². The van der Waals surface area contributed by atoms with Crippen LogP contribution < -0.4 is 17.2 Å². The van der Waals surface area contributed by atoms with Crippen LogP contribution in [0.15, 0.2) is 12.3 Å². The van der Waals surface area contributed by atoms with E-state index >= 15 is 0 Å². The van der Waals surface area contributed by atoms with Crippen molar-refractivity contribution >= 4 is 17.7 Å². The zero-order valence-electron chi connectivity index (χ0n) is 7.56. The van der Waals surface area contributed by atoms with Gasteiger partial charge in [0.25, 0.3) is 11.8 Å². The van der Waals surface area contributed by atoms with Crippen LogP contribution in [0.5, 0.6) is 0 Å². The molecule has 0 aliphatic carbocycles. The summed E-state index contributed by atoms with van der Waals surface area (Å²) in [6, 6.07) is 1.03. The molecule has 0 unspecified atom stereocenters. The van der Waals surface area contributed by atoms with E-state index in [1.807, 2.05) is 0 Å². The maximum atomic E-state index is 10.9. The van der Waals surface area contributed by atoms with Crippen molar-refractivity contribution in [1.82, 2.24) is 4.98 Å². The molecule has 0 aliphatic heterocycles. The molecular weight excluding hydrogens is 200 g/mol. The van der Waals surface area contributed by atoms with Gasteiger partial charge in [0.2, 0.25) is 5.91 Å². The van der Waals surface area contributed by atoms with Crippen LogP contribution in [-0.2, 0) is 0 Å². The van der Waals surface area contributed by atoms with E-state index in [4.69, 9.17) is 17.2 Å². The van der Waals surface area contributed by atoms with Crippen LogP contribution >= 0.6 is 0 Å². The summed E-state index contributed by atoms with van der Waals surface area (Å²) in [5, 5.41) is 0. The third-order valence-corrected chi connectivity index (χ3v) is 1.69. The predicted octanol–water partition coefficient (Wildman–Crippen LogP) is -1.62. The molecule has 0 radical (unpaired) electrons. The Balaban J connectivity index is 3.40. The molecule has 7 heteroatoms. The highest BCUT2D eigenvalue weighted by Crippen LogP contribution is 2.08. The standard InChI is InChI=1S/C8H8N4O3/c9-6(13)3-1-5(8(11)15)12-2-4(3)7(10)14/h1-2H,(H2,9,13)(H2,10,14)(H2,11,15). The zero-order valence-corrected chi connectivity index (χ0v) is 7.56. The van der Waals surface area contributed by atoms with E-state index in [1.54, 1.807) is 0 Å². The molecule has 7 nitrogen and oxygen atoms in total. The van der Waals surface area contributed by atoms with Gasteiger partial charge < -0.3 is 17.2 Å². The van der Waals surface area contributed by atoms with Gasteiger partial charge in [0.1, 0.15) is 5.69 Å². The van der Waals surface area contributed by atoms with Gasteiger partial charge in [0.15, 0.2) is 0 Å². The molecule has 0 aromatic carbocycles. The van der Waals surface area contributed by atoms with Gasteiger partial charge >= 0.3 is 0 Å². The highest BCUT2D eigenvalue weighted by molar-refractivity contribution is 6.07. The summed E-state index contributed by atoms with van der Waals surface area (Å²) in [7, 11) is 0. The number of primary amides is 3. The molecule has 0 saturated carbocycles. The smallest absolute Gasteiger partial charge is 0.267 e. The first-order chi connectivity index (χ1) is 6.93. The van der Waals surface area contributed by atoms with Crippen LogP contribution in [0.3, 0.4) is 0 Å². The number of carbonyl (C=O) groups is 3. The Hall–Kier alpha value is -2.44. The number of amides is 3. The lowest BCUT2D eigenvalue weighted by Gasteiger charge is -2.03. The molecule has 0 bridgehead atoms. The van der Waals surface area contributed by atoms with Gasteiger partial charge in [-0.05, 0) is 6.07 Å². The maximum Gasteiger partial charge on any atom is 0.267 e. The van der Waals surface area contributed by atoms with Crippen LogP contribution in [0.4, 0.5) is 0 Å². The van der Waals surface area contributed by atoms with E-state index in [0.717, 1.165) is 12.3 Å². The van der Waals surface area contributed by atoms with Crippen molar-refractivity contribution in [3.8, 4) is 0 Å². The fourth-order valence-electron chi connectivity index (χ4n) is 0.990. The molecule has 1 heterocycles. The number of rotatable bonds is 3. The molecule has 0 saturated heterocycles. The molecule has 1 rings (SSSR count). The quantitative estimate of drug-likeness (QED) is 0.548. The van der Waals surface area contributed by atoms with Crippen molar-refractivity contribution in [2.75, 3.05) is 0 Å². The monoisotopic (exact) mass is 208 g/mol. The van der Waals surface area contributed by atoms with Crippen LogP contribution in [0.2, 0.25) is 0 Å². The fraction of sp³-hybridized carbons (Fsp3) is 0. The lowest BCUT2D eigenvalue weighted by molar-refractivity contribution is 0.0964. The molecule has 78 valence electrons. The molecule has 6 N–H and O–H groups in total. The maximum absolute atomic E-state index is 10.9. The molecule has 3 amide bonds. The Bertz CT molecular complexity index is 455. The Labute approximate surface area is 84.3 Å². The summed E-state index contributed by atoms with van der Waals surface area (Å²) in [6.45, 7) is 0. The second kappa shape index (κ2) is 3.74. The topological polar surface area (TPSA) is 142 Å². The highest BCUT2D eigenvalue weighted by atomic mass is 16.2. The summed E-state index contributed by atoms with van der Waals surface area (Å²) in [6.07, 6.45) is 0.989. The number of hydrogen-bond acceptors (Lipinski definition) is 4. The Morgan fingerprint density at radius 2 is 1.47 bits per heavy atom. The fourth-order valence-corrected chi connectivity index (χ4v) is 0.990. The molecule has 1 aromatic heterocycles. The van der Waals surface area contributed by atoms with E-state index in [0.29, 0.717) is 0 Å². The lowest BCUT2D eigenvalue weighted by atomic mass is 10.1. The Morgan fingerprint density at radius 3 is 1.87 bits per heavy atom. The second-order valence-corrected chi connectivity index (χ2v) is 2.71. The molecule has 0 atom stereocenters. The number of hydrogen-bond donors (Lipinski definition) is 3. The van der Waals surface area contributed by atoms with E-state index < -0.39 is 17.7 Å². The SMILES string of the molecule is NC(=O)c1cc(C(N)=O)c(C(N)=O)cn1. The van der Waals surface area contributed by atoms with Crippen LogP contribution in [-0.4, -0.2) is 22.7 Å². The van der Waals surface area contributed by atoms with Crippen LogP contribution in [0.25, 0.3) is 0 Å². The van der Waals surface area contributed by atoms with Gasteiger partial charge in [0.05, 0.1) is 11.1 Å². The minimum Gasteiger partial charge on any atom is -0.366 e. The summed E-state index contributed by atoms with van der Waals surface area (Å²) >= 11 is 0. The van der Waals surface area contributed by atoms with Gasteiger partial charge in [-0.1, -0.05) is 0 Å². The van der Waals surface area contributed by atoms with Gasteiger partial charge in [-0.25, -0.2) is 0 Å². The van der Waals surface area contributed by atoms with Crippen molar-refractivity contribution in [2.24, 2.45) is 17.2 Å². The lowest BCUT2D eigenvalue weighted by Crippen LogP contribution is -2.23. The van der Waals surface area contributed by atoms with Crippen molar-refractivity contribution < 1.29 is 14.4 Å². The average molecular weight is 208 g/mol. The Morgan fingerprint density at radius 1 is 0.933 bits per heavy atom. The average Bonchev–Trinajstić information content (AvgIpc) is 2.16. The number of carbonyl (C=O) groups excluding carboxylic acids is 3. The molecule has 1 aromatic rings. The van der Waals surface area contributed by atoms with Crippen molar-refractivity contribution in [3.05, 3.63) is 29.1 Å². The molecule has 15 heavy (non-hydrogen) atoms. The number of aromatic nitrogens is 1. The highest BCUT2D eigenvalue weighted by Gasteiger charge is 2.15. The van der Waals surface area contributed by atoms with E-state index in [-0.39, 0.29) is 16.8 Å². The third kappa shape index (κ3) is 2.08. The summed E-state index contributed by atoms with van der Waals surface area (Å²) in [5.74, 6) is -2.56. The first kappa shape index (κ1) is 10.6. The molecule has 0 aliphatic rings. The summed E-state index contributed by atoms with van der Waals surface area (Å²) in [5.41, 5.74) is 14.4. The Kier molecular flexibility index (Phi) is 2.65. The van der Waals surface area contributed by atoms with E-state index in [2.05, 4.69) is 4.98 Å². The normalized spacial score (nSPS) is 9.60. The second-order valence-electron chi connectivity index (χ2n) is 2.71. The van der Waals surface area contributed by atoms with E-state index in [1.165, 1.54) is 0 Å². The summed E-state index contributed by atoms with van der Waals surface area (Å²) < 4.78 is 0. The largest absolute Gasteiger partial charge is 0.366 e. The number of pyridine rings is 1. The predicted molar refractivity (Wildman–Crippen MR) is 49.8 cm³/mol. The van der Waals surface area contributed by atoms with Gasteiger partial charge in [-0.2, -0.15) is 0 Å². The van der Waals surface area contributed by atoms with Gasteiger partial charge in [-0.3, -0.25) is 19.4 Å². The zero-order chi connectivity index (χ0) is 11.6. The minimum absolute atomic E-state index is 0.146. The van der Waals surface area contributed by atoms with Gasteiger partial charge in [0, 0.05) is 6.20 Å². The number of nitrogens with zero attached hydrogens (tertiary/aromatic N) is 1. The van der Waals surface area contributed by atoms with E-state index in [9.17, 15) is 14.4 Å². The van der Waals surface area contributed by atoms with Crippen molar-refractivity contribution in [3.63, 3.8) is 0 Å². The van der Waals surface area contributed by atoms with Gasteiger partial charge in [-0.15, -0.1) is 0 Å². The first-order valence-corrected chi connectivity index (χ1v) is 3.83. The molecule has 0 spiro atoms.